The van der Waals surface area contributed by atoms with Crippen molar-refractivity contribution >= 4 is 39.1 Å². The van der Waals surface area contributed by atoms with E-state index in [1.807, 2.05) is 36.4 Å². The maximum Gasteiger partial charge on any atom is 0.316 e. The van der Waals surface area contributed by atoms with Gasteiger partial charge in [-0.05, 0) is 24.3 Å². The third-order valence-electron chi connectivity index (χ3n) is 3.71. The van der Waals surface area contributed by atoms with Gasteiger partial charge in [-0.15, -0.1) is 10.2 Å². The van der Waals surface area contributed by atoms with E-state index in [-0.39, 0.29) is 11.5 Å². The molecule has 7 heteroatoms. The van der Waals surface area contributed by atoms with Crippen LogP contribution < -0.4 is 0 Å². The molecule has 0 aliphatic rings. The van der Waals surface area contributed by atoms with Crippen LogP contribution in [-0.2, 0) is 0 Å². The summed E-state index contributed by atoms with van der Waals surface area (Å²) < 4.78 is 0. The Morgan fingerprint density at radius 3 is 2.24 bits per heavy atom. The molecule has 0 unspecified atom stereocenters. The molecule has 0 fully saturated rings. The highest BCUT2D eigenvalue weighted by Gasteiger charge is 2.16. The van der Waals surface area contributed by atoms with Crippen LogP contribution in [0.1, 0.15) is 0 Å². The Bertz CT molecular complexity index is 1140. The van der Waals surface area contributed by atoms with Crippen LogP contribution in [0.25, 0.3) is 21.8 Å². The highest BCUT2D eigenvalue weighted by molar-refractivity contribution is 5.83. The second-order valence-corrected chi connectivity index (χ2v) is 5.34. The van der Waals surface area contributed by atoms with Crippen molar-refractivity contribution in [3.8, 4) is 0 Å². The summed E-state index contributed by atoms with van der Waals surface area (Å²) in [5.41, 5.74) is 1.21. The summed E-state index contributed by atoms with van der Waals surface area (Å²) >= 11 is 0. The summed E-state index contributed by atoms with van der Waals surface area (Å²) in [5.74, 6) is 0.321. The van der Waals surface area contributed by atoms with E-state index < -0.39 is 4.92 Å². The first-order chi connectivity index (χ1) is 12.2. The molecule has 25 heavy (non-hydrogen) atoms. The number of pyridine rings is 2. The number of nitrogens with zero attached hydrogens (tertiary/aromatic N) is 5. The van der Waals surface area contributed by atoms with Gasteiger partial charge in [-0.25, -0.2) is 9.97 Å². The van der Waals surface area contributed by atoms with Crippen LogP contribution in [0.2, 0.25) is 0 Å². The number of benzene rings is 2. The van der Waals surface area contributed by atoms with Gasteiger partial charge in [0, 0.05) is 16.8 Å². The molecule has 0 spiro atoms. The fourth-order valence-corrected chi connectivity index (χ4v) is 2.51. The third kappa shape index (κ3) is 2.90. The second kappa shape index (κ2) is 6.04. The van der Waals surface area contributed by atoms with Gasteiger partial charge in [-0.1, -0.05) is 36.4 Å². The molecule has 7 nitrogen and oxygen atoms in total. The van der Waals surface area contributed by atoms with Gasteiger partial charge in [0.1, 0.15) is 0 Å². The van der Waals surface area contributed by atoms with Crippen molar-refractivity contribution in [2.75, 3.05) is 0 Å². The fourth-order valence-electron chi connectivity index (χ4n) is 2.51. The van der Waals surface area contributed by atoms with Gasteiger partial charge in [0.05, 0.1) is 16.0 Å². The molecule has 0 saturated heterocycles. The van der Waals surface area contributed by atoms with Crippen molar-refractivity contribution in [3.63, 3.8) is 0 Å². The number of nitro groups is 1. The van der Waals surface area contributed by atoms with Gasteiger partial charge >= 0.3 is 5.69 Å². The number of hydrogen-bond acceptors (Lipinski definition) is 6. The highest BCUT2D eigenvalue weighted by atomic mass is 16.6. The quantitative estimate of drug-likeness (QED) is 0.296. The van der Waals surface area contributed by atoms with E-state index in [1.54, 1.807) is 24.3 Å². The lowest BCUT2D eigenvalue weighted by Gasteiger charge is -2.00. The van der Waals surface area contributed by atoms with E-state index in [9.17, 15) is 10.1 Å². The Kier molecular flexibility index (Phi) is 3.59. The second-order valence-electron chi connectivity index (χ2n) is 5.34. The minimum atomic E-state index is -0.512. The topological polar surface area (TPSA) is 93.6 Å². The fraction of sp³-hybridized carbons (Fsp3) is 0. The first-order valence-corrected chi connectivity index (χ1v) is 7.52. The third-order valence-corrected chi connectivity index (χ3v) is 3.71. The molecule has 0 aliphatic heterocycles. The number of para-hydroxylation sites is 2. The Morgan fingerprint density at radius 2 is 1.48 bits per heavy atom. The largest absolute Gasteiger partial charge is 0.316 e. The molecule has 4 aromatic rings. The molecule has 2 heterocycles. The van der Waals surface area contributed by atoms with Crippen molar-refractivity contribution in [2.45, 2.75) is 0 Å². The molecule has 0 radical (unpaired) electrons. The monoisotopic (exact) mass is 329 g/mol. The molecular weight excluding hydrogens is 318 g/mol. The van der Waals surface area contributed by atoms with E-state index in [0.717, 1.165) is 10.9 Å². The lowest BCUT2D eigenvalue weighted by atomic mass is 10.2. The maximum absolute atomic E-state index is 11.3. The van der Waals surface area contributed by atoms with Crippen LogP contribution in [0, 0.1) is 10.1 Å². The maximum atomic E-state index is 11.3. The van der Waals surface area contributed by atoms with Gasteiger partial charge in [0.15, 0.2) is 5.82 Å². The number of hydrogen-bond donors (Lipinski definition) is 0. The Hall–Kier alpha value is -3.74. The summed E-state index contributed by atoms with van der Waals surface area (Å²) in [6, 6.07) is 19.8. The Morgan fingerprint density at radius 1 is 0.800 bits per heavy atom. The number of rotatable bonds is 3. The standard InChI is InChI=1S/C18H11N5O2/c24-23(25)16-11-13-6-2-4-8-15(13)20-18(16)22-21-17-10-9-12-5-1-3-7-14(12)19-17/h1-11H. The van der Waals surface area contributed by atoms with E-state index >= 15 is 0 Å². The predicted octanol–water partition coefficient (Wildman–Crippen LogP) is 5.11. The zero-order valence-corrected chi connectivity index (χ0v) is 12.9. The van der Waals surface area contributed by atoms with E-state index in [1.165, 1.54) is 6.07 Å². The summed E-state index contributed by atoms with van der Waals surface area (Å²) in [5, 5.41) is 20.9. The Labute approximate surface area is 141 Å². The molecule has 0 saturated carbocycles. The first kappa shape index (κ1) is 14.8. The lowest BCUT2D eigenvalue weighted by Crippen LogP contribution is -1.91. The molecule has 4 rings (SSSR count). The van der Waals surface area contributed by atoms with Gasteiger partial charge in [-0.2, -0.15) is 0 Å². The normalized spacial score (nSPS) is 11.4. The van der Waals surface area contributed by atoms with E-state index in [0.29, 0.717) is 16.7 Å². The van der Waals surface area contributed by atoms with Crippen LogP contribution in [-0.4, -0.2) is 14.9 Å². The smallest absolute Gasteiger partial charge is 0.258 e. The molecule has 0 atom stereocenters. The summed E-state index contributed by atoms with van der Waals surface area (Å²) in [4.78, 5) is 19.4. The van der Waals surface area contributed by atoms with Gasteiger partial charge in [0.2, 0.25) is 0 Å². The van der Waals surface area contributed by atoms with Crippen molar-refractivity contribution < 1.29 is 4.92 Å². The molecule has 0 bridgehead atoms. The molecule has 120 valence electrons. The Balaban J connectivity index is 1.78. The van der Waals surface area contributed by atoms with Crippen molar-refractivity contribution in [1.29, 1.82) is 0 Å². The average molecular weight is 329 g/mol. The summed E-state index contributed by atoms with van der Waals surface area (Å²) in [6.45, 7) is 0. The number of azo groups is 1. The minimum Gasteiger partial charge on any atom is -0.258 e. The molecular formula is C18H11N5O2. The summed E-state index contributed by atoms with van der Waals surface area (Å²) in [6.07, 6.45) is 0. The SMILES string of the molecule is O=[N+]([O-])c1cc2ccccc2nc1N=Nc1ccc2ccccc2n1. The van der Waals surface area contributed by atoms with Gasteiger partial charge < -0.3 is 0 Å². The molecule has 2 aromatic carbocycles. The lowest BCUT2D eigenvalue weighted by molar-refractivity contribution is -0.384. The van der Waals surface area contributed by atoms with Crippen LogP contribution in [0.4, 0.5) is 17.3 Å². The van der Waals surface area contributed by atoms with Crippen molar-refractivity contribution in [1.82, 2.24) is 9.97 Å². The molecule has 2 aromatic heterocycles. The van der Waals surface area contributed by atoms with E-state index in [4.69, 9.17) is 0 Å². The molecule has 0 amide bonds. The molecule has 0 N–H and O–H groups in total. The van der Waals surface area contributed by atoms with E-state index in [2.05, 4.69) is 20.2 Å². The number of aromatic nitrogens is 2. The summed E-state index contributed by atoms with van der Waals surface area (Å²) in [7, 11) is 0. The van der Waals surface area contributed by atoms with Crippen LogP contribution in [0.5, 0.6) is 0 Å². The molecule has 0 aliphatic carbocycles. The number of fused-ring (bicyclic) bond motifs is 2. The van der Waals surface area contributed by atoms with Crippen LogP contribution in [0.3, 0.4) is 0 Å². The minimum absolute atomic E-state index is 0.0429. The average Bonchev–Trinajstić information content (AvgIpc) is 2.65. The van der Waals surface area contributed by atoms with Crippen LogP contribution in [0.15, 0.2) is 77.0 Å². The van der Waals surface area contributed by atoms with Crippen LogP contribution >= 0.6 is 0 Å². The zero-order valence-electron chi connectivity index (χ0n) is 12.9. The van der Waals surface area contributed by atoms with Crippen molar-refractivity contribution in [2.24, 2.45) is 10.2 Å². The van der Waals surface area contributed by atoms with Crippen molar-refractivity contribution in [3.05, 3.63) is 76.8 Å². The van der Waals surface area contributed by atoms with Gasteiger partial charge in [-0.3, -0.25) is 10.1 Å². The highest BCUT2D eigenvalue weighted by Crippen LogP contribution is 2.30. The first-order valence-electron chi connectivity index (χ1n) is 7.52. The zero-order chi connectivity index (χ0) is 17.2. The predicted molar refractivity (Wildman–Crippen MR) is 94.3 cm³/mol. The van der Waals surface area contributed by atoms with Gasteiger partial charge in [0.25, 0.3) is 5.82 Å².